The lowest BCUT2D eigenvalue weighted by Gasteiger charge is -2.33. The van der Waals surface area contributed by atoms with E-state index < -0.39 is 11.7 Å². The molecule has 0 N–H and O–H groups in total. The first-order valence-electron chi connectivity index (χ1n) is 9.29. The number of hydrogen-bond donors (Lipinski definition) is 0. The van der Waals surface area contributed by atoms with Crippen molar-refractivity contribution in [1.82, 2.24) is 4.90 Å². The lowest BCUT2D eigenvalue weighted by Crippen LogP contribution is -2.42. The first kappa shape index (κ1) is 20.1. The monoisotopic (exact) mass is 510 g/mol. The summed E-state index contributed by atoms with van der Waals surface area (Å²) in [5, 5.41) is 0. The van der Waals surface area contributed by atoms with Crippen LogP contribution in [0.4, 0.5) is 13.2 Å². The predicted octanol–water partition coefficient (Wildman–Crippen LogP) is 5.49. The van der Waals surface area contributed by atoms with E-state index in [9.17, 15) is 18.0 Å². The smallest absolute Gasteiger partial charge is 0.337 e. The normalized spacial score (nSPS) is 17.3. The van der Waals surface area contributed by atoms with Crippen molar-refractivity contribution in [2.75, 3.05) is 13.1 Å². The molecule has 2 heterocycles. The molecule has 4 rings (SSSR count). The molecule has 0 aromatic heterocycles. The van der Waals surface area contributed by atoms with Gasteiger partial charge in [0.05, 0.1) is 11.3 Å². The summed E-state index contributed by atoms with van der Waals surface area (Å²) in [6.45, 7) is 4.76. The molecule has 150 valence electrons. The quantitative estimate of drug-likeness (QED) is 0.492. The Kier molecular flexibility index (Phi) is 5.27. The minimum atomic E-state index is -4.37. The van der Waals surface area contributed by atoms with Crippen LogP contribution in [0.5, 0.6) is 0 Å². The minimum Gasteiger partial charge on any atom is -0.337 e. The van der Waals surface area contributed by atoms with E-state index in [0.717, 1.165) is 20.8 Å². The Bertz CT molecular complexity index is 1020. The molecule has 1 saturated heterocycles. The summed E-state index contributed by atoms with van der Waals surface area (Å²) in [5.41, 5.74) is 2.34. The molecule has 0 atom stereocenters. The first-order valence-corrected chi connectivity index (χ1v) is 10.4. The van der Waals surface area contributed by atoms with Crippen molar-refractivity contribution in [2.45, 2.75) is 24.9 Å². The van der Waals surface area contributed by atoms with Gasteiger partial charge in [0.25, 0.3) is 5.91 Å². The number of rotatable bonds is 2. The summed E-state index contributed by atoms with van der Waals surface area (Å²) < 4.78 is 41.0. The molecule has 29 heavy (non-hydrogen) atoms. The zero-order valence-corrected chi connectivity index (χ0v) is 17.6. The second-order valence-corrected chi connectivity index (χ2v) is 8.38. The molecule has 2 aliphatic heterocycles. The van der Waals surface area contributed by atoms with Crippen molar-refractivity contribution in [3.63, 3.8) is 0 Å². The molecular formula is C22H18F3IN2O. The number of carbonyl (C=O) groups excluding carboxylic acids is 1. The fourth-order valence-electron chi connectivity index (χ4n) is 4.08. The highest BCUT2D eigenvalue weighted by atomic mass is 127. The Morgan fingerprint density at radius 2 is 1.79 bits per heavy atom. The zero-order chi connectivity index (χ0) is 20.8. The predicted molar refractivity (Wildman–Crippen MR) is 115 cm³/mol. The van der Waals surface area contributed by atoms with Crippen LogP contribution in [0, 0.1) is 3.57 Å². The molecule has 2 aromatic carbocycles. The van der Waals surface area contributed by atoms with E-state index in [1.807, 2.05) is 18.2 Å². The average molecular weight is 510 g/mol. The third-order valence-electron chi connectivity index (χ3n) is 5.49. The van der Waals surface area contributed by atoms with Gasteiger partial charge in [0, 0.05) is 27.8 Å². The van der Waals surface area contributed by atoms with Crippen LogP contribution < -0.4 is 0 Å². The van der Waals surface area contributed by atoms with Crippen molar-refractivity contribution in [3.05, 3.63) is 74.9 Å². The topological polar surface area (TPSA) is 32.7 Å². The van der Waals surface area contributed by atoms with Gasteiger partial charge in [-0.2, -0.15) is 13.2 Å². The van der Waals surface area contributed by atoms with E-state index in [0.29, 0.717) is 42.9 Å². The highest BCUT2D eigenvalue weighted by molar-refractivity contribution is 14.1. The number of amides is 1. The summed E-state index contributed by atoms with van der Waals surface area (Å²) in [6, 6.07) is 11.4. The zero-order valence-electron chi connectivity index (χ0n) is 15.5. The number of carbonyl (C=O) groups is 1. The largest absolute Gasteiger partial charge is 0.416 e. The maximum atomic E-state index is 13.3. The summed E-state index contributed by atoms with van der Waals surface area (Å²) in [4.78, 5) is 19.1. The second kappa shape index (κ2) is 7.59. The van der Waals surface area contributed by atoms with Crippen LogP contribution in [-0.2, 0) is 11.0 Å². The number of likely N-dealkylation sites (tertiary alicyclic amines) is 1. The molecule has 0 radical (unpaired) electrons. The summed E-state index contributed by atoms with van der Waals surface area (Å²) in [5.74, 6) is -0.403. The molecular weight excluding hydrogens is 492 g/mol. The second-order valence-electron chi connectivity index (χ2n) is 7.22. The Balaban J connectivity index is 1.51. The van der Waals surface area contributed by atoms with Gasteiger partial charge in [-0.3, -0.25) is 4.79 Å². The Hall–Kier alpha value is -2.16. The standard InChI is InChI=1S/C22H18F3IN2O/c1-13-19-16(6-4-8-18(19)26)20(27-13)21(29)28-11-9-14(10-12-28)15-5-2-3-7-17(15)22(23,24)25/h2-8,14H,1,9-12H2. The lowest BCUT2D eigenvalue weighted by molar-refractivity contribution is -0.138. The highest BCUT2D eigenvalue weighted by Gasteiger charge is 2.37. The fourth-order valence-corrected chi connectivity index (χ4v) is 4.89. The van der Waals surface area contributed by atoms with Gasteiger partial charge in [0.15, 0.2) is 0 Å². The lowest BCUT2D eigenvalue weighted by atomic mass is 9.86. The Morgan fingerprint density at radius 3 is 2.48 bits per heavy atom. The van der Waals surface area contributed by atoms with Gasteiger partial charge >= 0.3 is 6.18 Å². The molecule has 0 aliphatic carbocycles. The SMILES string of the molecule is C=C1N=C(C(=O)N2CCC(c3ccccc3C(F)(F)F)CC2)c2cccc(I)c21. The molecule has 2 aromatic rings. The van der Waals surface area contributed by atoms with Gasteiger partial charge in [-0.1, -0.05) is 36.9 Å². The van der Waals surface area contributed by atoms with Gasteiger partial charge in [-0.05, 0) is 59.0 Å². The first-order chi connectivity index (χ1) is 13.8. The van der Waals surface area contributed by atoms with Crippen LogP contribution in [-0.4, -0.2) is 29.6 Å². The van der Waals surface area contributed by atoms with E-state index in [1.54, 1.807) is 17.0 Å². The number of benzene rings is 2. The molecule has 0 bridgehead atoms. The van der Waals surface area contributed by atoms with Gasteiger partial charge < -0.3 is 4.90 Å². The van der Waals surface area contributed by atoms with Crippen molar-refractivity contribution in [1.29, 1.82) is 0 Å². The van der Waals surface area contributed by atoms with Gasteiger partial charge in [-0.15, -0.1) is 0 Å². The van der Waals surface area contributed by atoms with E-state index in [4.69, 9.17) is 0 Å². The third-order valence-corrected chi connectivity index (χ3v) is 6.39. The number of alkyl halides is 3. The van der Waals surface area contributed by atoms with Crippen LogP contribution in [0.25, 0.3) is 5.70 Å². The van der Waals surface area contributed by atoms with Crippen molar-refractivity contribution in [2.24, 2.45) is 4.99 Å². The molecule has 0 saturated carbocycles. The molecule has 0 spiro atoms. The Labute approximate surface area is 180 Å². The van der Waals surface area contributed by atoms with Gasteiger partial charge in [0.2, 0.25) is 0 Å². The number of hydrogen-bond acceptors (Lipinski definition) is 2. The molecule has 0 unspecified atom stereocenters. The van der Waals surface area contributed by atoms with E-state index in [2.05, 4.69) is 34.2 Å². The molecule has 1 amide bonds. The van der Waals surface area contributed by atoms with Crippen LogP contribution in [0.15, 0.2) is 54.0 Å². The summed E-state index contributed by atoms with van der Waals surface area (Å²) >= 11 is 2.20. The number of aliphatic imine (C=N–C) groups is 1. The van der Waals surface area contributed by atoms with Crippen LogP contribution >= 0.6 is 22.6 Å². The minimum absolute atomic E-state index is 0.186. The number of fused-ring (bicyclic) bond motifs is 1. The molecule has 2 aliphatic rings. The van der Waals surface area contributed by atoms with E-state index >= 15 is 0 Å². The number of nitrogens with zero attached hydrogens (tertiary/aromatic N) is 2. The number of piperidine rings is 1. The van der Waals surface area contributed by atoms with Crippen molar-refractivity contribution in [3.8, 4) is 0 Å². The molecule has 7 heteroatoms. The maximum absolute atomic E-state index is 13.3. The van der Waals surface area contributed by atoms with Gasteiger partial charge in [0.1, 0.15) is 5.71 Å². The fraction of sp³-hybridized carbons (Fsp3) is 0.273. The number of halogens is 4. The molecule has 3 nitrogen and oxygen atoms in total. The van der Waals surface area contributed by atoms with Crippen LogP contribution in [0.1, 0.15) is 41.0 Å². The van der Waals surface area contributed by atoms with E-state index in [-0.39, 0.29) is 11.8 Å². The third kappa shape index (κ3) is 3.72. The molecule has 1 fully saturated rings. The maximum Gasteiger partial charge on any atom is 0.416 e. The van der Waals surface area contributed by atoms with Crippen LogP contribution in [0.3, 0.4) is 0 Å². The Morgan fingerprint density at radius 1 is 1.10 bits per heavy atom. The van der Waals surface area contributed by atoms with E-state index in [1.165, 1.54) is 6.07 Å². The van der Waals surface area contributed by atoms with Gasteiger partial charge in [-0.25, -0.2) is 4.99 Å². The van der Waals surface area contributed by atoms with Crippen LogP contribution in [0.2, 0.25) is 0 Å². The van der Waals surface area contributed by atoms with Crippen molar-refractivity contribution < 1.29 is 18.0 Å². The summed E-state index contributed by atoms with van der Waals surface area (Å²) in [6.07, 6.45) is -3.39. The summed E-state index contributed by atoms with van der Waals surface area (Å²) in [7, 11) is 0. The highest BCUT2D eigenvalue weighted by Crippen LogP contribution is 2.39. The average Bonchev–Trinajstić information content (AvgIpc) is 3.05. The van der Waals surface area contributed by atoms with Crippen molar-refractivity contribution >= 4 is 39.9 Å².